The van der Waals surface area contributed by atoms with Gasteiger partial charge in [0.05, 0.1) is 0 Å². The summed E-state index contributed by atoms with van der Waals surface area (Å²) in [4.78, 5) is 0. The van der Waals surface area contributed by atoms with Crippen LogP contribution in [0.4, 0.5) is 6.01 Å². The fraction of sp³-hybridized carbons (Fsp3) is 0.111. The van der Waals surface area contributed by atoms with Gasteiger partial charge < -0.3 is 10.2 Å². The van der Waals surface area contributed by atoms with Crippen molar-refractivity contribution in [3.05, 3.63) is 29.8 Å². The van der Waals surface area contributed by atoms with Crippen molar-refractivity contribution < 1.29 is 4.42 Å². The predicted octanol–water partition coefficient (Wildman–Crippen LogP) is 1.63. The molecule has 1 aromatic heterocycles. The molecule has 13 heavy (non-hydrogen) atoms. The third-order valence-corrected chi connectivity index (χ3v) is 1.82. The highest BCUT2D eigenvalue weighted by Crippen LogP contribution is 2.21. The minimum absolute atomic E-state index is 0.0956. The maximum Gasteiger partial charge on any atom is 0.313 e. The second-order valence-electron chi connectivity index (χ2n) is 2.76. The molecule has 0 spiro atoms. The average molecular weight is 175 g/mol. The van der Waals surface area contributed by atoms with Crippen LogP contribution in [0.5, 0.6) is 0 Å². The minimum atomic E-state index is 0.0956. The van der Waals surface area contributed by atoms with Crippen molar-refractivity contribution in [2.45, 2.75) is 6.92 Å². The molecule has 0 saturated heterocycles. The summed E-state index contributed by atoms with van der Waals surface area (Å²) in [6.07, 6.45) is 0. The topological polar surface area (TPSA) is 64.9 Å². The van der Waals surface area contributed by atoms with E-state index < -0.39 is 0 Å². The highest BCUT2D eigenvalue weighted by atomic mass is 16.4. The lowest BCUT2D eigenvalue weighted by atomic mass is 10.1. The summed E-state index contributed by atoms with van der Waals surface area (Å²) in [5.74, 6) is 0.468. The van der Waals surface area contributed by atoms with E-state index in [1.54, 1.807) is 0 Å². The number of rotatable bonds is 1. The van der Waals surface area contributed by atoms with Crippen molar-refractivity contribution in [3.63, 3.8) is 0 Å². The van der Waals surface area contributed by atoms with Crippen molar-refractivity contribution >= 4 is 6.01 Å². The molecule has 66 valence electrons. The number of anilines is 1. The third-order valence-electron chi connectivity index (χ3n) is 1.82. The lowest BCUT2D eigenvalue weighted by molar-refractivity contribution is 0.590. The lowest BCUT2D eigenvalue weighted by Crippen LogP contribution is -1.81. The van der Waals surface area contributed by atoms with Crippen LogP contribution in [0, 0.1) is 6.92 Å². The molecule has 4 nitrogen and oxygen atoms in total. The van der Waals surface area contributed by atoms with Crippen molar-refractivity contribution in [1.82, 2.24) is 10.2 Å². The Kier molecular flexibility index (Phi) is 1.73. The molecule has 0 bridgehead atoms. The molecule has 0 fully saturated rings. The number of aryl methyl sites for hydroxylation is 1. The number of nitrogens with zero attached hydrogens (tertiary/aromatic N) is 2. The van der Waals surface area contributed by atoms with Crippen LogP contribution in [0.25, 0.3) is 11.5 Å². The Morgan fingerprint density at radius 3 is 2.62 bits per heavy atom. The van der Waals surface area contributed by atoms with Gasteiger partial charge in [0, 0.05) is 5.56 Å². The Balaban J connectivity index is 2.52. The number of benzene rings is 1. The molecule has 0 amide bonds. The molecular weight excluding hydrogens is 166 g/mol. The number of hydrogen-bond acceptors (Lipinski definition) is 4. The zero-order valence-electron chi connectivity index (χ0n) is 7.19. The third kappa shape index (κ3) is 1.38. The quantitative estimate of drug-likeness (QED) is 0.715. The van der Waals surface area contributed by atoms with E-state index in [4.69, 9.17) is 10.2 Å². The summed E-state index contributed by atoms with van der Waals surface area (Å²) >= 11 is 0. The van der Waals surface area contributed by atoms with E-state index in [0.29, 0.717) is 5.89 Å². The van der Waals surface area contributed by atoms with E-state index in [1.807, 2.05) is 31.2 Å². The summed E-state index contributed by atoms with van der Waals surface area (Å²) in [7, 11) is 0. The molecule has 0 radical (unpaired) electrons. The highest BCUT2D eigenvalue weighted by Gasteiger charge is 2.07. The molecule has 1 aromatic carbocycles. The molecule has 0 aliphatic rings. The van der Waals surface area contributed by atoms with Gasteiger partial charge in [-0.05, 0) is 18.6 Å². The van der Waals surface area contributed by atoms with Gasteiger partial charge in [-0.15, -0.1) is 5.10 Å². The van der Waals surface area contributed by atoms with Crippen LogP contribution >= 0.6 is 0 Å². The van der Waals surface area contributed by atoms with Crippen LogP contribution in [-0.4, -0.2) is 10.2 Å². The highest BCUT2D eigenvalue weighted by molar-refractivity contribution is 5.57. The molecule has 4 heteroatoms. The van der Waals surface area contributed by atoms with Crippen molar-refractivity contribution in [2.75, 3.05) is 5.73 Å². The molecule has 2 aromatic rings. The Labute approximate surface area is 75.4 Å². The number of hydrogen-bond donors (Lipinski definition) is 1. The fourth-order valence-corrected chi connectivity index (χ4v) is 1.16. The normalized spacial score (nSPS) is 10.2. The zero-order chi connectivity index (χ0) is 9.26. The van der Waals surface area contributed by atoms with Crippen molar-refractivity contribution in [3.8, 4) is 11.5 Å². The van der Waals surface area contributed by atoms with Crippen LogP contribution in [0.2, 0.25) is 0 Å². The van der Waals surface area contributed by atoms with E-state index in [-0.39, 0.29) is 6.01 Å². The van der Waals surface area contributed by atoms with E-state index in [0.717, 1.165) is 11.1 Å². The van der Waals surface area contributed by atoms with E-state index in [1.165, 1.54) is 0 Å². The second kappa shape index (κ2) is 2.90. The Morgan fingerprint density at radius 2 is 2.00 bits per heavy atom. The molecule has 0 saturated carbocycles. The van der Waals surface area contributed by atoms with Gasteiger partial charge >= 0.3 is 6.01 Å². The average Bonchev–Trinajstić information content (AvgIpc) is 2.53. The first-order chi connectivity index (χ1) is 6.27. The number of aromatic nitrogens is 2. The number of nitrogens with two attached hydrogens (primary N) is 1. The second-order valence-corrected chi connectivity index (χ2v) is 2.76. The van der Waals surface area contributed by atoms with Gasteiger partial charge in [0.15, 0.2) is 0 Å². The van der Waals surface area contributed by atoms with Gasteiger partial charge in [-0.25, -0.2) is 0 Å². The summed E-state index contributed by atoms with van der Waals surface area (Å²) in [6, 6.07) is 7.87. The first-order valence-electron chi connectivity index (χ1n) is 3.92. The van der Waals surface area contributed by atoms with Gasteiger partial charge in [-0.2, -0.15) is 0 Å². The van der Waals surface area contributed by atoms with Crippen LogP contribution in [0.1, 0.15) is 5.56 Å². The summed E-state index contributed by atoms with van der Waals surface area (Å²) in [5.41, 5.74) is 7.34. The van der Waals surface area contributed by atoms with Crippen molar-refractivity contribution in [1.29, 1.82) is 0 Å². The zero-order valence-corrected chi connectivity index (χ0v) is 7.19. The van der Waals surface area contributed by atoms with Crippen LogP contribution in [0.3, 0.4) is 0 Å². The Morgan fingerprint density at radius 1 is 1.23 bits per heavy atom. The van der Waals surface area contributed by atoms with Gasteiger partial charge in [0.1, 0.15) is 0 Å². The van der Waals surface area contributed by atoms with Gasteiger partial charge in [-0.1, -0.05) is 23.3 Å². The van der Waals surface area contributed by atoms with Crippen LogP contribution in [-0.2, 0) is 0 Å². The lowest BCUT2D eigenvalue weighted by Gasteiger charge is -1.97. The maximum atomic E-state index is 5.33. The molecule has 1 heterocycles. The monoisotopic (exact) mass is 175 g/mol. The Bertz CT molecular complexity index is 422. The minimum Gasteiger partial charge on any atom is -0.404 e. The number of nitrogen functional groups attached to an aromatic ring is 1. The van der Waals surface area contributed by atoms with Crippen molar-refractivity contribution in [2.24, 2.45) is 0 Å². The summed E-state index contributed by atoms with van der Waals surface area (Å²) in [5, 5.41) is 7.40. The molecular formula is C9H9N3O. The van der Waals surface area contributed by atoms with Crippen LogP contribution < -0.4 is 5.73 Å². The van der Waals surface area contributed by atoms with Gasteiger partial charge in [-0.3, -0.25) is 0 Å². The van der Waals surface area contributed by atoms with Gasteiger partial charge in [0.2, 0.25) is 5.89 Å². The summed E-state index contributed by atoms with van der Waals surface area (Å²) in [6.45, 7) is 1.98. The summed E-state index contributed by atoms with van der Waals surface area (Å²) < 4.78 is 5.11. The largest absolute Gasteiger partial charge is 0.404 e. The molecule has 0 unspecified atom stereocenters. The van der Waals surface area contributed by atoms with E-state index in [2.05, 4.69) is 10.2 Å². The fourth-order valence-electron chi connectivity index (χ4n) is 1.16. The first-order valence-corrected chi connectivity index (χ1v) is 3.92. The molecule has 2 N–H and O–H groups in total. The maximum absolute atomic E-state index is 5.33. The molecule has 0 atom stereocenters. The molecule has 0 aliphatic carbocycles. The molecule has 0 aliphatic heterocycles. The van der Waals surface area contributed by atoms with Crippen LogP contribution in [0.15, 0.2) is 28.7 Å². The first kappa shape index (κ1) is 7.79. The van der Waals surface area contributed by atoms with Gasteiger partial charge in [0.25, 0.3) is 0 Å². The smallest absolute Gasteiger partial charge is 0.313 e. The standard InChI is InChI=1S/C9H9N3O/c1-6-4-2-3-5-7(6)8-11-12-9(10)13-8/h2-5H,1H3,(H2,10,12). The Hall–Kier alpha value is -1.84. The predicted molar refractivity (Wildman–Crippen MR) is 48.9 cm³/mol. The van der Waals surface area contributed by atoms with E-state index in [9.17, 15) is 0 Å². The van der Waals surface area contributed by atoms with E-state index >= 15 is 0 Å². The SMILES string of the molecule is Cc1ccccc1-c1nnc(N)o1. The molecule has 2 rings (SSSR count).